The minimum atomic E-state index is -3.73. The first-order valence-corrected chi connectivity index (χ1v) is 8.21. The van der Waals surface area contributed by atoms with Gasteiger partial charge in [0.05, 0.1) is 4.90 Å². The second kappa shape index (κ2) is 6.85. The molecule has 0 aliphatic rings. The standard InChI is InChI=1S/C14H22N2O3S/c1-4-5-6-9-16(3)14(17)13-8-7-12(10-11(13)2)20(15,18)19/h7-8,10H,4-6,9H2,1-3H3,(H2,15,18,19). The van der Waals surface area contributed by atoms with Gasteiger partial charge in [0, 0.05) is 19.2 Å². The average Bonchev–Trinajstić information content (AvgIpc) is 2.37. The molecule has 1 rings (SSSR count). The van der Waals surface area contributed by atoms with Gasteiger partial charge < -0.3 is 4.90 Å². The number of rotatable bonds is 6. The highest BCUT2D eigenvalue weighted by Crippen LogP contribution is 2.16. The monoisotopic (exact) mass is 298 g/mol. The van der Waals surface area contributed by atoms with Crippen molar-refractivity contribution >= 4 is 15.9 Å². The van der Waals surface area contributed by atoms with Crippen LogP contribution < -0.4 is 5.14 Å². The normalized spacial score (nSPS) is 11.4. The topological polar surface area (TPSA) is 80.5 Å². The molecule has 20 heavy (non-hydrogen) atoms. The number of carbonyl (C=O) groups excluding carboxylic acids is 1. The van der Waals surface area contributed by atoms with E-state index >= 15 is 0 Å². The summed E-state index contributed by atoms with van der Waals surface area (Å²) in [6, 6.07) is 4.33. The molecule has 1 aromatic rings. The molecule has 6 heteroatoms. The van der Waals surface area contributed by atoms with Gasteiger partial charge in [-0.15, -0.1) is 0 Å². The lowest BCUT2D eigenvalue weighted by Gasteiger charge is -2.18. The maximum atomic E-state index is 12.3. The molecular weight excluding hydrogens is 276 g/mol. The van der Waals surface area contributed by atoms with Crippen LogP contribution >= 0.6 is 0 Å². The quantitative estimate of drug-likeness (QED) is 0.815. The average molecular weight is 298 g/mol. The van der Waals surface area contributed by atoms with E-state index in [9.17, 15) is 13.2 Å². The Balaban J connectivity index is 2.89. The second-order valence-corrected chi connectivity index (χ2v) is 6.52. The zero-order valence-corrected chi connectivity index (χ0v) is 13.0. The minimum Gasteiger partial charge on any atom is -0.342 e. The van der Waals surface area contributed by atoms with Crippen LogP contribution in [0.1, 0.15) is 42.1 Å². The van der Waals surface area contributed by atoms with Crippen LogP contribution in [0.4, 0.5) is 0 Å². The fourth-order valence-electron chi connectivity index (χ4n) is 1.96. The number of primary sulfonamides is 1. The van der Waals surface area contributed by atoms with Crippen LogP contribution in [0.5, 0.6) is 0 Å². The van der Waals surface area contributed by atoms with Gasteiger partial charge in [-0.3, -0.25) is 4.79 Å². The minimum absolute atomic E-state index is 0.0280. The van der Waals surface area contributed by atoms with E-state index in [1.807, 2.05) is 0 Å². The highest BCUT2D eigenvalue weighted by molar-refractivity contribution is 7.89. The van der Waals surface area contributed by atoms with Crippen molar-refractivity contribution in [3.8, 4) is 0 Å². The second-order valence-electron chi connectivity index (χ2n) is 4.96. The Morgan fingerprint density at radius 1 is 1.30 bits per heavy atom. The Hall–Kier alpha value is -1.40. The molecule has 0 heterocycles. The lowest BCUT2D eigenvalue weighted by molar-refractivity contribution is 0.0792. The largest absolute Gasteiger partial charge is 0.342 e. The molecule has 0 radical (unpaired) electrons. The molecule has 1 aromatic carbocycles. The van der Waals surface area contributed by atoms with Gasteiger partial charge in [-0.2, -0.15) is 0 Å². The molecule has 0 fully saturated rings. The number of nitrogens with two attached hydrogens (primary N) is 1. The first-order chi connectivity index (χ1) is 9.27. The number of sulfonamides is 1. The number of unbranched alkanes of at least 4 members (excludes halogenated alkanes) is 2. The molecule has 0 aliphatic heterocycles. The number of hydrogen-bond donors (Lipinski definition) is 1. The van der Waals surface area contributed by atoms with Crippen LogP contribution in [-0.2, 0) is 10.0 Å². The van der Waals surface area contributed by atoms with Crippen LogP contribution in [0.2, 0.25) is 0 Å². The van der Waals surface area contributed by atoms with E-state index in [2.05, 4.69) is 6.92 Å². The third-order valence-electron chi connectivity index (χ3n) is 3.20. The molecule has 5 nitrogen and oxygen atoms in total. The first kappa shape index (κ1) is 16.7. The summed E-state index contributed by atoms with van der Waals surface area (Å²) in [4.78, 5) is 14.0. The summed E-state index contributed by atoms with van der Waals surface area (Å²) in [5.41, 5.74) is 1.13. The van der Waals surface area contributed by atoms with E-state index in [0.29, 0.717) is 17.7 Å². The molecular formula is C14H22N2O3S. The van der Waals surface area contributed by atoms with Crippen molar-refractivity contribution in [1.29, 1.82) is 0 Å². The number of hydrogen-bond acceptors (Lipinski definition) is 3. The molecule has 0 atom stereocenters. The van der Waals surface area contributed by atoms with E-state index in [1.165, 1.54) is 18.2 Å². The Kier molecular flexibility index (Phi) is 5.71. The molecule has 112 valence electrons. The number of nitrogens with zero attached hydrogens (tertiary/aromatic N) is 1. The molecule has 0 unspecified atom stereocenters. The molecule has 0 aromatic heterocycles. The van der Waals surface area contributed by atoms with E-state index in [0.717, 1.165) is 19.3 Å². The number of amides is 1. The summed E-state index contributed by atoms with van der Waals surface area (Å²) < 4.78 is 22.5. The molecule has 0 saturated carbocycles. The van der Waals surface area contributed by atoms with Crippen LogP contribution in [-0.4, -0.2) is 32.8 Å². The Morgan fingerprint density at radius 3 is 2.45 bits per heavy atom. The van der Waals surface area contributed by atoms with Gasteiger partial charge >= 0.3 is 0 Å². The Bertz CT molecular complexity index is 582. The Labute approximate surface area is 120 Å². The van der Waals surface area contributed by atoms with Crippen LogP contribution in [0, 0.1) is 6.92 Å². The number of aryl methyl sites for hydroxylation is 1. The molecule has 0 spiro atoms. The zero-order chi connectivity index (χ0) is 15.3. The van der Waals surface area contributed by atoms with Crippen LogP contribution in [0.3, 0.4) is 0 Å². The van der Waals surface area contributed by atoms with Gasteiger partial charge in [0.15, 0.2) is 0 Å². The van der Waals surface area contributed by atoms with E-state index in [-0.39, 0.29) is 10.8 Å². The van der Waals surface area contributed by atoms with E-state index in [1.54, 1.807) is 18.9 Å². The summed E-state index contributed by atoms with van der Waals surface area (Å²) in [5.74, 6) is -0.0976. The van der Waals surface area contributed by atoms with Gasteiger partial charge in [-0.1, -0.05) is 19.8 Å². The van der Waals surface area contributed by atoms with Gasteiger partial charge in [0.25, 0.3) is 5.91 Å². The van der Waals surface area contributed by atoms with Crippen molar-refractivity contribution in [2.45, 2.75) is 38.0 Å². The summed E-state index contributed by atoms with van der Waals surface area (Å²) in [6.45, 7) is 4.52. The van der Waals surface area contributed by atoms with Gasteiger partial charge in [0.2, 0.25) is 10.0 Å². The van der Waals surface area contributed by atoms with Crippen molar-refractivity contribution in [3.05, 3.63) is 29.3 Å². The fraction of sp³-hybridized carbons (Fsp3) is 0.500. The highest BCUT2D eigenvalue weighted by atomic mass is 32.2. The van der Waals surface area contributed by atoms with Crippen molar-refractivity contribution < 1.29 is 13.2 Å². The van der Waals surface area contributed by atoms with Gasteiger partial charge in [-0.25, -0.2) is 13.6 Å². The molecule has 0 aliphatic carbocycles. The summed E-state index contributed by atoms with van der Waals surface area (Å²) in [5, 5.41) is 5.07. The maximum absolute atomic E-state index is 12.3. The lowest BCUT2D eigenvalue weighted by atomic mass is 10.1. The predicted octanol–water partition coefficient (Wildman–Crippen LogP) is 1.90. The summed E-state index contributed by atoms with van der Waals surface area (Å²) >= 11 is 0. The Morgan fingerprint density at radius 2 is 1.95 bits per heavy atom. The van der Waals surface area contributed by atoms with Crippen molar-refractivity contribution in [2.75, 3.05) is 13.6 Å². The molecule has 0 saturated heterocycles. The molecule has 0 bridgehead atoms. The van der Waals surface area contributed by atoms with Crippen molar-refractivity contribution in [2.24, 2.45) is 5.14 Å². The summed E-state index contributed by atoms with van der Waals surface area (Å²) in [6.07, 6.45) is 3.15. The third kappa shape index (κ3) is 4.31. The molecule has 1 amide bonds. The van der Waals surface area contributed by atoms with Crippen LogP contribution in [0.15, 0.2) is 23.1 Å². The lowest BCUT2D eigenvalue weighted by Crippen LogP contribution is -2.28. The smallest absolute Gasteiger partial charge is 0.253 e. The number of benzene rings is 1. The predicted molar refractivity (Wildman–Crippen MR) is 79.0 cm³/mol. The third-order valence-corrected chi connectivity index (χ3v) is 4.11. The fourth-order valence-corrected chi connectivity index (χ4v) is 2.56. The zero-order valence-electron chi connectivity index (χ0n) is 12.2. The SMILES string of the molecule is CCCCCN(C)C(=O)c1ccc(S(N)(=O)=O)cc1C. The highest BCUT2D eigenvalue weighted by Gasteiger charge is 2.16. The van der Waals surface area contributed by atoms with E-state index in [4.69, 9.17) is 5.14 Å². The first-order valence-electron chi connectivity index (χ1n) is 6.66. The van der Waals surface area contributed by atoms with E-state index < -0.39 is 10.0 Å². The van der Waals surface area contributed by atoms with Crippen molar-refractivity contribution in [3.63, 3.8) is 0 Å². The van der Waals surface area contributed by atoms with Crippen molar-refractivity contribution in [1.82, 2.24) is 4.90 Å². The van der Waals surface area contributed by atoms with Crippen LogP contribution in [0.25, 0.3) is 0 Å². The maximum Gasteiger partial charge on any atom is 0.253 e. The van der Waals surface area contributed by atoms with Gasteiger partial charge in [0.1, 0.15) is 0 Å². The summed E-state index contributed by atoms with van der Waals surface area (Å²) in [7, 11) is -1.98. The van der Waals surface area contributed by atoms with Gasteiger partial charge in [-0.05, 0) is 37.1 Å². The number of carbonyl (C=O) groups is 1. The molecule has 2 N–H and O–H groups in total.